The molecular formula is C14H13Cl2N3O3S. The second-order valence-corrected chi connectivity index (χ2v) is 7.02. The minimum atomic E-state index is -3.70. The van der Waals surface area contributed by atoms with Crippen LogP contribution in [-0.2, 0) is 16.4 Å². The minimum Gasteiger partial charge on any atom is -0.350 e. The van der Waals surface area contributed by atoms with Crippen molar-refractivity contribution in [2.75, 3.05) is 6.54 Å². The summed E-state index contributed by atoms with van der Waals surface area (Å²) in [7, 11) is -3.70. The zero-order valence-electron chi connectivity index (χ0n) is 11.8. The number of hydrogen-bond acceptors (Lipinski definition) is 4. The Hall–Kier alpha value is -1.67. The van der Waals surface area contributed by atoms with Crippen LogP contribution in [0.2, 0.25) is 10.2 Å². The normalized spacial score (nSPS) is 11.3. The van der Waals surface area contributed by atoms with Gasteiger partial charge in [-0.3, -0.25) is 4.79 Å². The molecule has 1 amide bonds. The van der Waals surface area contributed by atoms with Crippen molar-refractivity contribution < 1.29 is 13.2 Å². The number of pyridine rings is 1. The number of carbonyl (C=O) groups excluding carboxylic acids is 1. The molecule has 0 bridgehead atoms. The van der Waals surface area contributed by atoms with E-state index < -0.39 is 15.9 Å². The number of primary sulfonamides is 1. The number of halogens is 2. The topological polar surface area (TPSA) is 102 Å². The van der Waals surface area contributed by atoms with E-state index in [1.807, 2.05) is 0 Å². The number of carbonyl (C=O) groups is 1. The van der Waals surface area contributed by atoms with Crippen LogP contribution in [0.1, 0.15) is 16.1 Å². The number of rotatable bonds is 5. The number of nitrogens with one attached hydrogen (secondary N) is 1. The lowest BCUT2D eigenvalue weighted by Crippen LogP contribution is -2.27. The van der Waals surface area contributed by atoms with Crippen LogP contribution in [0.25, 0.3) is 0 Å². The van der Waals surface area contributed by atoms with Gasteiger partial charge in [0.25, 0.3) is 5.91 Å². The molecule has 3 N–H and O–H groups in total. The third kappa shape index (κ3) is 4.90. The van der Waals surface area contributed by atoms with E-state index in [1.165, 1.54) is 24.3 Å². The summed E-state index contributed by atoms with van der Waals surface area (Å²) in [5.41, 5.74) is 0.909. The highest BCUT2D eigenvalue weighted by molar-refractivity contribution is 7.89. The predicted molar refractivity (Wildman–Crippen MR) is 88.1 cm³/mol. The van der Waals surface area contributed by atoms with E-state index in [4.69, 9.17) is 28.3 Å². The number of sulfonamides is 1. The molecule has 2 rings (SSSR count). The lowest BCUT2D eigenvalue weighted by Gasteiger charge is -2.07. The summed E-state index contributed by atoms with van der Waals surface area (Å²) < 4.78 is 22.3. The Balaban J connectivity index is 1.94. The van der Waals surface area contributed by atoms with E-state index in [0.717, 1.165) is 5.56 Å². The monoisotopic (exact) mass is 373 g/mol. The highest BCUT2D eigenvalue weighted by Crippen LogP contribution is 2.16. The molecular weight excluding hydrogens is 361 g/mol. The fourth-order valence-electron chi connectivity index (χ4n) is 1.83. The SMILES string of the molecule is NS(=O)(=O)c1ccc(CCNC(=O)c2nc(Cl)ccc2Cl)cc1. The van der Waals surface area contributed by atoms with Crippen LogP contribution in [0.4, 0.5) is 0 Å². The van der Waals surface area contributed by atoms with Crippen LogP contribution in [0.3, 0.4) is 0 Å². The Kier molecular flexibility index (Phi) is 5.59. The van der Waals surface area contributed by atoms with Crippen LogP contribution >= 0.6 is 23.2 Å². The van der Waals surface area contributed by atoms with Crippen LogP contribution < -0.4 is 10.5 Å². The molecule has 1 aromatic heterocycles. The highest BCUT2D eigenvalue weighted by atomic mass is 35.5. The molecule has 0 atom stereocenters. The molecule has 23 heavy (non-hydrogen) atoms. The van der Waals surface area contributed by atoms with Crippen molar-refractivity contribution >= 4 is 39.1 Å². The fourth-order valence-corrected chi connectivity index (χ4v) is 2.68. The molecule has 0 aliphatic carbocycles. The molecule has 0 radical (unpaired) electrons. The fraction of sp³-hybridized carbons (Fsp3) is 0.143. The first-order valence-corrected chi connectivity index (χ1v) is 8.79. The molecule has 0 saturated carbocycles. The first kappa shape index (κ1) is 17.7. The molecule has 6 nitrogen and oxygen atoms in total. The molecule has 0 saturated heterocycles. The maximum atomic E-state index is 12.0. The Bertz CT molecular complexity index is 824. The summed E-state index contributed by atoms with van der Waals surface area (Å²) in [6.45, 7) is 0.331. The lowest BCUT2D eigenvalue weighted by molar-refractivity contribution is 0.0949. The first-order valence-electron chi connectivity index (χ1n) is 6.49. The van der Waals surface area contributed by atoms with E-state index in [1.54, 1.807) is 12.1 Å². The van der Waals surface area contributed by atoms with Crippen molar-refractivity contribution in [2.24, 2.45) is 5.14 Å². The van der Waals surface area contributed by atoms with Crippen LogP contribution in [-0.4, -0.2) is 25.9 Å². The van der Waals surface area contributed by atoms with Crippen LogP contribution in [0.15, 0.2) is 41.3 Å². The summed E-state index contributed by atoms with van der Waals surface area (Å²) in [5.74, 6) is -0.432. The Labute approximate surface area is 143 Å². The number of amides is 1. The van der Waals surface area contributed by atoms with Gasteiger partial charge in [-0.1, -0.05) is 35.3 Å². The van der Waals surface area contributed by atoms with E-state index in [-0.39, 0.29) is 20.8 Å². The van der Waals surface area contributed by atoms with Crippen molar-refractivity contribution in [3.8, 4) is 0 Å². The van der Waals surface area contributed by atoms with Crippen molar-refractivity contribution in [3.05, 3.63) is 57.8 Å². The number of hydrogen-bond donors (Lipinski definition) is 2. The summed E-state index contributed by atoms with van der Waals surface area (Å²) in [6, 6.07) is 9.10. The van der Waals surface area contributed by atoms with E-state index in [9.17, 15) is 13.2 Å². The molecule has 1 heterocycles. The molecule has 0 aliphatic heterocycles. The molecule has 0 aliphatic rings. The average molecular weight is 374 g/mol. The summed E-state index contributed by atoms with van der Waals surface area (Å²) >= 11 is 11.6. The predicted octanol–water partition coefficient (Wildman–Crippen LogP) is 2.01. The Morgan fingerprint density at radius 1 is 1.13 bits per heavy atom. The third-order valence-corrected chi connectivity index (χ3v) is 4.42. The van der Waals surface area contributed by atoms with Gasteiger partial charge in [0, 0.05) is 6.54 Å². The molecule has 2 aromatic rings. The zero-order valence-corrected chi connectivity index (χ0v) is 14.1. The summed E-state index contributed by atoms with van der Waals surface area (Å²) in [6.07, 6.45) is 0.509. The van der Waals surface area contributed by atoms with Crippen LogP contribution in [0, 0.1) is 0 Å². The van der Waals surface area contributed by atoms with Gasteiger partial charge in [-0.25, -0.2) is 18.5 Å². The Morgan fingerprint density at radius 2 is 1.78 bits per heavy atom. The van der Waals surface area contributed by atoms with Crippen molar-refractivity contribution in [2.45, 2.75) is 11.3 Å². The third-order valence-electron chi connectivity index (χ3n) is 2.98. The maximum Gasteiger partial charge on any atom is 0.271 e. The minimum absolute atomic E-state index is 0.0418. The van der Waals surface area contributed by atoms with Gasteiger partial charge in [-0.05, 0) is 36.2 Å². The van der Waals surface area contributed by atoms with Crippen molar-refractivity contribution in [1.82, 2.24) is 10.3 Å². The van der Waals surface area contributed by atoms with Gasteiger partial charge in [-0.15, -0.1) is 0 Å². The Morgan fingerprint density at radius 3 is 2.39 bits per heavy atom. The average Bonchev–Trinajstić information content (AvgIpc) is 2.49. The quantitative estimate of drug-likeness (QED) is 0.782. The number of nitrogens with two attached hydrogens (primary N) is 1. The van der Waals surface area contributed by atoms with Gasteiger partial charge in [0.15, 0.2) is 0 Å². The van der Waals surface area contributed by atoms with E-state index in [2.05, 4.69) is 10.3 Å². The van der Waals surface area contributed by atoms with Crippen molar-refractivity contribution in [1.29, 1.82) is 0 Å². The first-order chi connectivity index (χ1) is 10.8. The molecule has 0 fully saturated rings. The largest absolute Gasteiger partial charge is 0.350 e. The standard InChI is InChI=1S/C14H13Cl2N3O3S/c15-11-5-6-12(16)19-13(11)14(20)18-8-7-9-1-3-10(4-2-9)23(17,21)22/h1-6H,7-8H2,(H,18,20)(H2,17,21,22). The molecule has 9 heteroatoms. The second kappa shape index (κ2) is 7.27. The van der Waals surface area contributed by atoms with Crippen molar-refractivity contribution in [3.63, 3.8) is 0 Å². The van der Waals surface area contributed by atoms with E-state index in [0.29, 0.717) is 13.0 Å². The van der Waals surface area contributed by atoms with E-state index >= 15 is 0 Å². The number of benzene rings is 1. The lowest BCUT2D eigenvalue weighted by atomic mass is 10.1. The number of aromatic nitrogens is 1. The van der Waals surface area contributed by atoms with Gasteiger partial charge in [0.05, 0.1) is 9.92 Å². The second-order valence-electron chi connectivity index (χ2n) is 4.66. The maximum absolute atomic E-state index is 12.0. The molecule has 0 spiro atoms. The number of nitrogens with zero attached hydrogens (tertiary/aromatic N) is 1. The van der Waals surface area contributed by atoms with Gasteiger partial charge >= 0.3 is 0 Å². The van der Waals surface area contributed by atoms with Crippen LogP contribution in [0.5, 0.6) is 0 Å². The summed E-state index contributed by atoms with van der Waals surface area (Å²) in [4.78, 5) is 15.9. The van der Waals surface area contributed by atoms with Gasteiger partial charge in [0.2, 0.25) is 10.0 Å². The summed E-state index contributed by atoms with van der Waals surface area (Å²) in [5, 5.41) is 8.09. The highest BCUT2D eigenvalue weighted by Gasteiger charge is 2.12. The smallest absolute Gasteiger partial charge is 0.271 e. The van der Waals surface area contributed by atoms with Gasteiger partial charge < -0.3 is 5.32 Å². The zero-order chi connectivity index (χ0) is 17.0. The molecule has 1 aromatic carbocycles. The van der Waals surface area contributed by atoms with Gasteiger partial charge in [0.1, 0.15) is 10.8 Å². The molecule has 122 valence electrons. The molecule has 0 unspecified atom stereocenters. The van der Waals surface area contributed by atoms with Gasteiger partial charge in [-0.2, -0.15) is 0 Å².